The third-order valence-corrected chi connectivity index (χ3v) is 3.95. The van der Waals surface area contributed by atoms with Gasteiger partial charge in [-0.05, 0) is 17.7 Å². The van der Waals surface area contributed by atoms with Crippen molar-refractivity contribution >= 4 is 29.2 Å². The van der Waals surface area contributed by atoms with Crippen molar-refractivity contribution in [2.75, 3.05) is 11.9 Å². The van der Waals surface area contributed by atoms with Gasteiger partial charge in [-0.3, -0.25) is 10.2 Å². The molecule has 4 N–H and O–H groups in total. The summed E-state index contributed by atoms with van der Waals surface area (Å²) in [6, 6.07) is 14.0. The second kappa shape index (κ2) is 6.28. The van der Waals surface area contributed by atoms with Crippen LogP contribution in [-0.2, 0) is 4.79 Å². The largest absolute Gasteiger partial charge is 0.323 e. The number of benzene rings is 2. The Morgan fingerprint density at radius 2 is 2.00 bits per heavy atom. The number of nitrogens with one attached hydrogen (secondary N) is 2. The molecule has 3 rings (SSSR count). The molecule has 1 aliphatic rings. The number of nitrogens with zero attached hydrogens (tertiary/aromatic N) is 1. The van der Waals surface area contributed by atoms with Crippen LogP contribution in [0.2, 0.25) is 5.02 Å². The maximum atomic E-state index is 12.5. The Balaban J connectivity index is 2.10. The maximum Gasteiger partial charge on any atom is 0.323 e. The number of nitrogens with two attached hydrogens (primary N) is 1. The Bertz CT molecular complexity index is 751. The summed E-state index contributed by atoms with van der Waals surface area (Å²) in [6.07, 6.45) is 0. The number of rotatable bonds is 3. The van der Waals surface area contributed by atoms with E-state index in [1.807, 2.05) is 36.4 Å². The van der Waals surface area contributed by atoms with Crippen LogP contribution in [0.5, 0.6) is 0 Å². The molecule has 1 atom stereocenters. The monoisotopic (exact) mass is 330 g/mol. The molecule has 0 bridgehead atoms. The molecule has 0 unspecified atom stereocenters. The highest BCUT2D eigenvalue weighted by Gasteiger charge is 2.34. The van der Waals surface area contributed by atoms with Crippen LogP contribution in [0.4, 0.5) is 10.5 Å². The normalized spacial score (nSPS) is 16.5. The van der Waals surface area contributed by atoms with E-state index in [9.17, 15) is 9.59 Å². The minimum absolute atomic E-state index is 0.149. The van der Waals surface area contributed by atoms with Gasteiger partial charge in [0, 0.05) is 16.3 Å². The highest BCUT2D eigenvalue weighted by atomic mass is 35.5. The van der Waals surface area contributed by atoms with E-state index in [1.54, 1.807) is 12.1 Å². The second-order valence-electron chi connectivity index (χ2n) is 5.17. The van der Waals surface area contributed by atoms with Crippen LogP contribution in [0.3, 0.4) is 0 Å². The van der Waals surface area contributed by atoms with E-state index in [0.717, 1.165) is 11.1 Å². The van der Waals surface area contributed by atoms with Gasteiger partial charge in [0.1, 0.15) is 6.54 Å². The van der Waals surface area contributed by atoms with Crippen LogP contribution in [0, 0.1) is 0 Å². The molecule has 0 saturated carbocycles. The van der Waals surface area contributed by atoms with E-state index < -0.39 is 11.9 Å². The molecule has 0 saturated heterocycles. The lowest BCUT2D eigenvalue weighted by Gasteiger charge is -2.37. The van der Waals surface area contributed by atoms with Crippen LogP contribution < -0.4 is 16.6 Å². The lowest BCUT2D eigenvalue weighted by molar-refractivity contribution is -0.122. The Morgan fingerprint density at radius 3 is 2.70 bits per heavy atom. The zero-order chi connectivity index (χ0) is 16.4. The fraction of sp³-hybridized carbons (Fsp3) is 0.125. The standard InChI is InChI=1S/C16H15ClN4O2/c17-11-6-7-12-13(8-11)19-16(23)21(9-14(22)20-18)15(12)10-4-2-1-3-5-10/h1-8,15H,9,18H2,(H,19,23)(H,20,22)/t15-/m0/s1. The van der Waals surface area contributed by atoms with E-state index >= 15 is 0 Å². The van der Waals surface area contributed by atoms with Crippen LogP contribution in [0.1, 0.15) is 17.2 Å². The smallest absolute Gasteiger partial charge is 0.307 e. The van der Waals surface area contributed by atoms with Crippen molar-refractivity contribution in [1.29, 1.82) is 0 Å². The average Bonchev–Trinajstić information content (AvgIpc) is 2.56. The minimum atomic E-state index is -0.446. The Labute approximate surface area is 138 Å². The van der Waals surface area contributed by atoms with E-state index in [1.165, 1.54) is 4.90 Å². The summed E-state index contributed by atoms with van der Waals surface area (Å²) in [5, 5.41) is 3.29. The highest BCUT2D eigenvalue weighted by Crippen LogP contribution is 2.38. The number of halogens is 1. The first kappa shape index (κ1) is 15.3. The van der Waals surface area contributed by atoms with Gasteiger partial charge < -0.3 is 10.2 Å². The molecule has 7 heteroatoms. The fourth-order valence-corrected chi connectivity index (χ4v) is 2.88. The van der Waals surface area contributed by atoms with Crippen LogP contribution in [-0.4, -0.2) is 23.4 Å². The van der Waals surface area contributed by atoms with Crippen LogP contribution in [0.25, 0.3) is 0 Å². The topological polar surface area (TPSA) is 87.5 Å². The number of amides is 3. The first-order valence-electron chi connectivity index (χ1n) is 7.01. The van der Waals surface area contributed by atoms with E-state index in [4.69, 9.17) is 17.4 Å². The summed E-state index contributed by atoms with van der Waals surface area (Å²) >= 11 is 6.02. The molecule has 3 amide bonds. The van der Waals surface area contributed by atoms with Gasteiger partial charge in [-0.2, -0.15) is 0 Å². The van der Waals surface area contributed by atoms with E-state index in [0.29, 0.717) is 10.7 Å². The molecule has 1 heterocycles. The number of hydrazine groups is 1. The maximum absolute atomic E-state index is 12.5. The number of carbonyl (C=O) groups is 2. The summed E-state index contributed by atoms with van der Waals surface area (Å²) in [5.41, 5.74) is 4.46. The second-order valence-corrected chi connectivity index (χ2v) is 5.61. The number of urea groups is 1. The Hall–Kier alpha value is -2.57. The number of hydrogen-bond acceptors (Lipinski definition) is 3. The zero-order valence-corrected chi connectivity index (χ0v) is 12.9. The number of hydrogen-bond donors (Lipinski definition) is 3. The molecule has 6 nitrogen and oxygen atoms in total. The number of fused-ring (bicyclic) bond motifs is 1. The average molecular weight is 331 g/mol. The zero-order valence-electron chi connectivity index (χ0n) is 12.1. The van der Waals surface area contributed by atoms with Crippen LogP contribution in [0.15, 0.2) is 48.5 Å². The predicted molar refractivity (Wildman–Crippen MR) is 87.8 cm³/mol. The quantitative estimate of drug-likeness (QED) is 0.458. The molecule has 2 aromatic carbocycles. The third-order valence-electron chi connectivity index (χ3n) is 3.71. The van der Waals surface area contributed by atoms with E-state index in [2.05, 4.69) is 10.7 Å². The van der Waals surface area contributed by atoms with Gasteiger partial charge in [-0.15, -0.1) is 0 Å². The summed E-state index contributed by atoms with van der Waals surface area (Å²) in [6.45, 7) is -0.149. The van der Waals surface area contributed by atoms with Crippen molar-refractivity contribution in [3.63, 3.8) is 0 Å². The third kappa shape index (κ3) is 2.99. The van der Waals surface area contributed by atoms with Crippen molar-refractivity contribution in [2.45, 2.75) is 6.04 Å². The molecule has 0 radical (unpaired) electrons. The Kier molecular flexibility index (Phi) is 4.18. The SMILES string of the molecule is NNC(=O)CN1C(=O)Nc2cc(Cl)ccc2[C@@H]1c1ccccc1. The van der Waals surface area contributed by atoms with Crippen LogP contribution >= 0.6 is 11.6 Å². The van der Waals surface area contributed by atoms with Gasteiger partial charge in [0.15, 0.2) is 0 Å². The summed E-state index contributed by atoms with van der Waals surface area (Å²) in [4.78, 5) is 25.6. The molecule has 0 fully saturated rings. The van der Waals surface area contributed by atoms with Gasteiger partial charge in [-0.1, -0.05) is 48.0 Å². The predicted octanol–water partition coefficient (Wildman–Crippen LogP) is 2.27. The molecule has 0 spiro atoms. The molecule has 2 aromatic rings. The summed E-state index contributed by atoms with van der Waals surface area (Å²) < 4.78 is 0. The lowest BCUT2D eigenvalue weighted by atomic mass is 9.94. The van der Waals surface area contributed by atoms with Crippen molar-refractivity contribution < 1.29 is 9.59 Å². The van der Waals surface area contributed by atoms with Crippen molar-refractivity contribution in [2.24, 2.45) is 5.84 Å². The Morgan fingerprint density at radius 1 is 1.26 bits per heavy atom. The molecular formula is C16H15ClN4O2. The first-order chi connectivity index (χ1) is 11.1. The fourth-order valence-electron chi connectivity index (χ4n) is 2.71. The molecule has 23 heavy (non-hydrogen) atoms. The molecule has 0 aliphatic carbocycles. The number of carbonyl (C=O) groups excluding carboxylic acids is 2. The molecule has 118 valence electrons. The minimum Gasteiger partial charge on any atom is -0.307 e. The number of anilines is 1. The molecule has 0 aromatic heterocycles. The molecular weight excluding hydrogens is 316 g/mol. The van der Waals surface area contributed by atoms with Gasteiger partial charge in [0.2, 0.25) is 0 Å². The first-order valence-corrected chi connectivity index (χ1v) is 7.39. The lowest BCUT2D eigenvalue weighted by Crippen LogP contribution is -2.48. The van der Waals surface area contributed by atoms with Crippen molar-refractivity contribution in [3.8, 4) is 0 Å². The van der Waals surface area contributed by atoms with Gasteiger partial charge >= 0.3 is 6.03 Å². The van der Waals surface area contributed by atoms with Crippen molar-refractivity contribution in [3.05, 3.63) is 64.7 Å². The van der Waals surface area contributed by atoms with Gasteiger partial charge in [0.05, 0.1) is 6.04 Å². The highest BCUT2D eigenvalue weighted by molar-refractivity contribution is 6.31. The van der Waals surface area contributed by atoms with Crippen molar-refractivity contribution in [1.82, 2.24) is 10.3 Å². The summed E-state index contributed by atoms with van der Waals surface area (Å²) in [5.74, 6) is 4.71. The van der Waals surface area contributed by atoms with E-state index in [-0.39, 0.29) is 12.6 Å². The van der Waals surface area contributed by atoms with Gasteiger partial charge in [0.25, 0.3) is 5.91 Å². The molecule has 1 aliphatic heterocycles. The van der Waals surface area contributed by atoms with Gasteiger partial charge in [-0.25, -0.2) is 10.6 Å². The summed E-state index contributed by atoms with van der Waals surface area (Å²) in [7, 11) is 0.